The first kappa shape index (κ1) is 18.9. The van der Waals surface area contributed by atoms with Crippen molar-refractivity contribution < 1.29 is 0 Å². The maximum absolute atomic E-state index is 2.67. The van der Waals surface area contributed by atoms with Crippen LogP contribution in [0.1, 0.15) is 47.0 Å². The van der Waals surface area contributed by atoms with Gasteiger partial charge in [-0.2, -0.15) is 0 Å². The van der Waals surface area contributed by atoms with Crippen LogP contribution in [-0.4, -0.2) is 46.0 Å². The quantitative estimate of drug-likeness (QED) is 0.662. The van der Waals surface area contributed by atoms with Gasteiger partial charge in [0.25, 0.3) is 0 Å². The van der Waals surface area contributed by atoms with Gasteiger partial charge in [0.1, 0.15) is 0 Å². The number of hydrogen-bond donors (Lipinski definition) is 0. The van der Waals surface area contributed by atoms with Crippen molar-refractivity contribution in [1.29, 1.82) is 0 Å². The van der Waals surface area contributed by atoms with Crippen LogP contribution >= 0.6 is 0 Å². The van der Waals surface area contributed by atoms with Crippen molar-refractivity contribution in [2.24, 2.45) is 29.6 Å². The molecule has 2 fully saturated rings. The van der Waals surface area contributed by atoms with Gasteiger partial charge in [-0.05, 0) is 68.5 Å². The predicted octanol–water partition coefficient (Wildman–Crippen LogP) is 5.02. The van der Waals surface area contributed by atoms with Gasteiger partial charge in [0.05, 0.1) is 0 Å². The van der Waals surface area contributed by atoms with E-state index in [9.17, 15) is 0 Å². The van der Waals surface area contributed by atoms with E-state index in [1.54, 1.807) is 0 Å². The Labute approximate surface area is 136 Å². The normalized spacial score (nSPS) is 37.6. The molecule has 0 spiro atoms. The van der Waals surface area contributed by atoms with E-state index in [0.29, 0.717) is 0 Å². The van der Waals surface area contributed by atoms with E-state index in [1.165, 1.54) is 38.9 Å². The van der Waals surface area contributed by atoms with E-state index < -0.39 is 21.4 Å². The third-order valence-electron chi connectivity index (χ3n) is 5.82. The molecule has 0 aromatic rings. The van der Waals surface area contributed by atoms with Crippen LogP contribution in [-0.2, 0) is 0 Å². The average molecular weight is 383 g/mol. The molecule has 0 N–H and O–H groups in total. The second-order valence-electron chi connectivity index (χ2n) is 8.17. The van der Waals surface area contributed by atoms with Gasteiger partial charge in [-0.15, -0.1) is 0 Å². The fourth-order valence-corrected chi connectivity index (χ4v) is 4.08. The van der Waals surface area contributed by atoms with E-state index in [1.807, 2.05) is 0 Å². The molecule has 0 radical (unpaired) electrons. The first-order valence-corrected chi connectivity index (χ1v) is 19.0. The Morgan fingerprint density at radius 1 is 0.800 bits per heavy atom. The Morgan fingerprint density at radius 3 is 1.60 bits per heavy atom. The first-order valence-electron chi connectivity index (χ1n) is 9.07. The molecule has 0 aromatic carbocycles. The minimum absolute atomic E-state index is 0.637. The monoisotopic (exact) mass is 383 g/mol. The number of rotatable bonds is 3. The van der Waals surface area contributed by atoms with E-state index in [4.69, 9.17) is 0 Å². The molecule has 4 unspecified atom stereocenters. The van der Waals surface area contributed by atoms with E-state index in [2.05, 4.69) is 46.6 Å². The Bertz CT molecular complexity index is 243. The van der Waals surface area contributed by atoms with Crippen LogP contribution in [0.5, 0.6) is 0 Å². The summed E-state index contributed by atoms with van der Waals surface area (Å²) < 4.78 is 7.13. The Kier molecular flexibility index (Phi) is 8.57. The molecule has 20 heavy (non-hydrogen) atoms. The minimum atomic E-state index is -0.637. The van der Waals surface area contributed by atoms with Crippen LogP contribution in [0.4, 0.5) is 0 Å². The third-order valence-corrected chi connectivity index (χ3v) is 5.82. The van der Waals surface area contributed by atoms with Crippen molar-refractivity contribution >= 4 is 21.4 Å². The first-order chi connectivity index (χ1) is 9.34. The van der Waals surface area contributed by atoms with Gasteiger partial charge in [0.2, 0.25) is 0 Å². The van der Waals surface area contributed by atoms with Crippen LogP contribution < -0.4 is 0 Å². The molecule has 1 heterocycles. The molecule has 2 rings (SSSR count). The summed E-state index contributed by atoms with van der Waals surface area (Å²) in [6.45, 7) is 14.0. The molecule has 2 heteroatoms. The molecular weight excluding hydrogens is 345 g/mol. The van der Waals surface area contributed by atoms with Gasteiger partial charge in [0, 0.05) is 0 Å². The summed E-state index contributed by atoms with van der Waals surface area (Å²) in [5, 5.41) is 0. The van der Waals surface area contributed by atoms with Gasteiger partial charge in [0.15, 0.2) is 0 Å². The van der Waals surface area contributed by atoms with Gasteiger partial charge in [-0.1, -0.05) is 27.7 Å². The Balaban J connectivity index is 0.000000444. The summed E-state index contributed by atoms with van der Waals surface area (Å²) in [6, 6.07) is 0. The van der Waals surface area contributed by atoms with E-state index in [0.717, 1.165) is 29.6 Å². The van der Waals surface area contributed by atoms with Gasteiger partial charge in [-0.25, -0.2) is 0 Å². The topological polar surface area (TPSA) is 3.24 Å². The maximum atomic E-state index is 2.67. The molecule has 1 saturated carbocycles. The molecule has 4 atom stereocenters. The Hall–Kier alpha value is 0.830. The van der Waals surface area contributed by atoms with Crippen molar-refractivity contribution in [3.63, 3.8) is 0 Å². The van der Waals surface area contributed by atoms with E-state index >= 15 is 0 Å². The second kappa shape index (κ2) is 9.08. The van der Waals surface area contributed by atoms with Crippen LogP contribution in [0.25, 0.3) is 0 Å². The van der Waals surface area contributed by atoms with Crippen LogP contribution in [0.2, 0.25) is 14.0 Å². The molecule has 0 aromatic heterocycles. The van der Waals surface area contributed by atoms with Crippen molar-refractivity contribution in [3.8, 4) is 0 Å². The second-order valence-corrected chi connectivity index (χ2v) is 18.1. The molecule has 1 aliphatic carbocycles. The number of likely N-dealkylation sites (tertiary alicyclic amines) is 1. The van der Waals surface area contributed by atoms with Crippen molar-refractivity contribution in [3.05, 3.63) is 0 Å². The summed E-state index contributed by atoms with van der Waals surface area (Å²) in [4.78, 5) is 2.67. The zero-order valence-electron chi connectivity index (χ0n) is 15.2. The van der Waals surface area contributed by atoms with Crippen LogP contribution in [0.3, 0.4) is 0 Å². The van der Waals surface area contributed by atoms with Gasteiger partial charge < -0.3 is 4.90 Å². The van der Waals surface area contributed by atoms with Crippen molar-refractivity contribution in [2.75, 3.05) is 19.6 Å². The average Bonchev–Trinajstić information content (AvgIpc) is 2.94. The van der Waals surface area contributed by atoms with E-state index in [-0.39, 0.29) is 0 Å². The summed E-state index contributed by atoms with van der Waals surface area (Å²) >= 11 is -0.637. The Morgan fingerprint density at radius 2 is 1.20 bits per heavy atom. The molecule has 118 valence electrons. The summed E-state index contributed by atoms with van der Waals surface area (Å²) in [7, 11) is 0. The predicted molar refractivity (Wildman–Crippen MR) is 93.8 cm³/mol. The summed E-state index contributed by atoms with van der Waals surface area (Å²) in [6.07, 6.45) is 4.31. The SMILES string of the molecule is CC1C(C)C(C)C(CCN2CCCC2)C1C.[CH3][In]([CH3])[CH3]. The molecule has 0 amide bonds. The molecule has 0 bridgehead atoms. The zero-order chi connectivity index (χ0) is 15.3. The van der Waals surface area contributed by atoms with Crippen LogP contribution in [0.15, 0.2) is 0 Å². The van der Waals surface area contributed by atoms with Crippen LogP contribution in [0, 0.1) is 29.6 Å². The fraction of sp³-hybridized carbons (Fsp3) is 1.00. The van der Waals surface area contributed by atoms with Gasteiger partial charge >= 0.3 is 35.5 Å². The number of nitrogens with zero attached hydrogens (tertiary/aromatic N) is 1. The fourth-order valence-electron chi connectivity index (χ4n) is 4.08. The van der Waals surface area contributed by atoms with Gasteiger partial charge in [-0.3, -0.25) is 0 Å². The summed E-state index contributed by atoms with van der Waals surface area (Å²) in [5.74, 6) is 4.71. The molecule has 1 aliphatic heterocycles. The zero-order valence-corrected chi connectivity index (χ0v) is 18.4. The van der Waals surface area contributed by atoms with Crippen molar-refractivity contribution in [2.45, 2.75) is 61.0 Å². The standard InChI is InChI=1S/C15H29N.3CH3.In/c1-11-12(2)14(4)15(13(11)3)7-10-16-8-5-6-9-16;;;;/h11-15H,5-10H2,1-4H3;3*1H3;. The van der Waals surface area contributed by atoms with Crippen molar-refractivity contribution in [1.82, 2.24) is 4.90 Å². The third kappa shape index (κ3) is 5.55. The molecule has 1 saturated heterocycles. The molecule has 2 aliphatic rings. The summed E-state index contributed by atoms with van der Waals surface area (Å²) in [5.41, 5.74) is 0. The molecular formula is C18H38InN. The molecule has 1 nitrogen and oxygen atoms in total. The number of hydrogen-bond acceptors (Lipinski definition) is 1.